The van der Waals surface area contributed by atoms with Crippen LogP contribution in [0.15, 0.2) is 17.5 Å². The van der Waals surface area contributed by atoms with Crippen LogP contribution < -0.4 is 5.32 Å². The van der Waals surface area contributed by atoms with Gasteiger partial charge in [0.05, 0.1) is 31.8 Å². The first-order chi connectivity index (χ1) is 9.58. The highest BCUT2D eigenvalue weighted by atomic mass is 32.1. The quantitative estimate of drug-likeness (QED) is 0.691. The van der Waals surface area contributed by atoms with E-state index in [-0.39, 0.29) is 31.4 Å². The number of carbonyl (C=O) groups is 2. The minimum absolute atomic E-state index is 0.151. The van der Waals surface area contributed by atoms with Crippen molar-refractivity contribution >= 4 is 23.2 Å². The molecule has 1 aromatic rings. The summed E-state index contributed by atoms with van der Waals surface area (Å²) < 4.78 is 5.38. The van der Waals surface area contributed by atoms with Crippen LogP contribution in [0, 0.1) is 0 Å². The molecular formula is C13H18N2O4S. The summed E-state index contributed by atoms with van der Waals surface area (Å²) in [5, 5.41) is 14.6. The largest absolute Gasteiger partial charge is 0.389 e. The zero-order chi connectivity index (χ0) is 14.5. The predicted octanol–water partition coefficient (Wildman–Crippen LogP) is -0.0275. The van der Waals surface area contributed by atoms with E-state index in [4.69, 9.17) is 4.74 Å². The molecule has 20 heavy (non-hydrogen) atoms. The number of nitrogens with zero attached hydrogens (tertiary/aromatic N) is 1. The standard InChI is InChI=1S/C13H18N2O4S/c1-15-12(17)5-11(13(15)18)14-6-9(16)7-19-8-10-3-2-4-20-10/h2-4,9,11,14,16H,5-8H2,1H3. The average Bonchev–Trinajstić information content (AvgIpc) is 3.01. The molecule has 110 valence electrons. The first-order valence-electron chi connectivity index (χ1n) is 6.40. The van der Waals surface area contributed by atoms with E-state index in [1.165, 1.54) is 7.05 Å². The van der Waals surface area contributed by atoms with Gasteiger partial charge in [-0.15, -0.1) is 11.3 Å². The van der Waals surface area contributed by atoms with Crippen molar-refractivity contribution in [1.29, 1.82) is 0 Å². The lowest BCUT2D eigenvalue weighted by molar-refractivity contribution is -0.137. The second-order valence-electron chi connectivity index (χ2n) is 4.70. The third-order valence-electron chi connectivity index (χ3n) is 3.12. The van der Waals surface area contributed by atoms with Crippen molar-refractivity contribution in [1.82, 2.24) is 10.2 Å². The average molecular weight is 298 g/mol. The third kappa shape index (κ3) is 3.86. The number of carbonyl (C=O) groups excluding carboxylic acids is 2. The molecular weight excluding hydrogens is 280 g/mol. The van der Waals surface area contributed by atoms with Gasteiger partial charge in [0.25, 0.3) is 0 Å². The summed E-state index contributed by atoms with van der Waals surface area (Å²) in [5.41, 5.74) is 0. The minimum Gasteiger partial charge on any atom is -0.389 e. The predicted molar refractivity (Wildman–Crippen MR) is 74.2 cm³/mol. The molecule has 1 aliphatic rings. The zero-order valence-electron chi connectivity index (χ0n) is 11.2. The monoisotopic (exact) mass is 298 g/mol. The Morgan fingerprint density at radius 1 is 1.60 bits per heavy atom. The third-order valence-corrected chi connectivity index (χ3v) is 3.97. The van der Waals surface area contributed by atoms with Crippen LogP contribution in [0.3, 0.4) is 0 Å². The molecule has 1 saturated heterocycles. The topological polar surface area (TPSA) is 78.9 Å². The first-order valence-corrected chi connectivity index (χ1v) is 7.28. The SMILES string of the molecule is CN1C(=O)CC(NCC(O)COCc2cccs2)C1=O. The van der Waals surface area contributed by atoms with Gasteiger partial charge in [-0.05, 0) is 11.4 Å². The Balaban J connectivity index is 1.64. The molecule has 2 heterocycles. The number of hydrogen-bond donors (Lipinski definition) is 2. The van der Waals surface area contributed by atoms with E-state index >= 15 is 0 Å². The number of aliphatic hydroxyl groups is 1. The molecule has 0 radical (unpaired) electrons. The number of likely N-dealkylation sites (tertiary alicyclic amines) is 1. The Morgan fingerprint density at radius 3 is 3.00 bits per heavy atom. The van der Waals surface area contributed by atoms with Gasteiger partial charge >= 0.3 is 0 Å². The van der Waals surface area contributed by atoms with E-state index < -0.39 is 12.1 Å². The summed E-state index contributed by atoms with van der Waals surface area (Å²) in [6.07, 6.45) is -0.554. The fourth-order valence-electron chi connectivity index (χ4n) is 1.94. The van der Waals surface area contributed by atoms with Crippen molar-refractivity contribution in [3.8, 4) is 0 Å². The van der Waals surface area contributed by atoms with Gasteiger partial charge in [-0.1, -0.05) is 6.07 Å². The van der Waals surface area contributed by atoms with Gasteiger partial charge in [0, 0.05) is 18.5 Å². The number of nitrogens with one attached hydrogen (secondary N) is 1. The first kappa shape index (κ1) is 15.1. The van der Waals surface area contributed by atoms with Crippen molar-refractivity contribution in [2.24, 2.45) is 0 Å². The van der Waals surface area contributed by atoms with Gasteiger partial charge < -0.3 is 15.2 Å². The molecule has 1 aromatic heterocycles. The summed E-state index contributed by atoms with van der Waals surface area (Å²) in [5.74, 6) is -0.447. The van der Waals surface area contributed by atoms with E-state index in [0.29, 0.717) is 6.61 Å². The molecule has 0 bridgehead atoms. The molecule has 2 atom stereocenters. The molecule has 7 heteroatoms. The molecule has 2 rings (SSSR count). The van der Waals surface area contributed by atoms with Crippen molar-refractivity contribution in [3.63, 3.8) is 0 Å². The number of hydrogen-bond acceptors (Lipinski definition) is 6. The maximum Gasteiger partial charge on any atom is 0.246 e. The Bertz CT molecular complexity index is 463. The summed E-state index contributed by atoms with van der Waals surface area (Å²) in [6, 6.07) is 3.38. The fraction of sp³-hybridized carbons (Fsp3) is 0.538. The van der Waals surface area contributed by atoms with Gasteiger partial charge in [0.15, 0.2) is 0 Å². The number of likely N-dealkylation sites (N-methyl/N-ethyl adjacent to an activating group) is 1. The normalized spacial score (nSPS) is 20.7. The van der Waals surface area contributed by atoms with Crippen LogP contribution in [0.4, 0.5) is 0 Å². The highest BCUT2D eigenvalue weighted by Crippen LogP contribution is 2.11. The second kappa shape index (κ2) is 6.94. The van der Waals surface area contributed by atoms with Crippen LogP contribution in [0.25, 0.3) is 0 Å². The highest BCUT2D eigenvalue weighted by Gasteiger charge is 2.35. The van der Waals surface area contributed by atoms with Gasteiger partial charge in [-0.25, -0.2) is 0 Å². The molecule has 1 aliphatic heterocycles. The van der Waals surface area contributed by atoms with Crippen LogP contribution in [0.1, 0.15) is 11.3 Å². The Morgan fingerprint density at radius 2 is 2.40 bits per heavy atom. The van der Waals surface area contributed by atoms with Crippen LogP contribution in [-0.2, 0) is 20.9 Å². The van der Waals surface area contributed by atoms with Gasteiger partial charge in [-0.2, -0.15) is 0 Å². The Labute approximate surface area is 121 Å². The van der Waals surface area contributed by atoms with Gasteiger partial charge in [-0.3, -0.25) is 14.5 Å². The van der Waals surface area contributed by atoms with E-state index in [0.717, 1.165) is 9.78 Å². The molecule has 2 unspecified atom stereocenters. The second-order valence-corrected chi connectivity index (χ2v) is 5.74. The molecule has 2 amide bonds. The molecule has 6 nitrogen and oxygen atoms in total. The van der Waals surface area contributed by atoms with Crippen LogP contribution in [0.2, 0.25) is 0 Å². The molecule has 0 aliphatic carbocycles. The van der Waals surface area contributed by atoms with Crippen LogP contribution >= 0.6 is 11.3 Å². The van der Waals surface area contributed by atoms with Crippen molar-refractivity contribution < 1.29 is 19.4 Å². The lowest BCUT2D eigenvalue weighted by atomic mass is 10.2. The van der Waals surface area contributed by atoms with Crippen molar-refractivity contribution in [3.05, 3.63) is 22.4 Å². The smallest absolute Gasteiger partial charge is 0.246 e. The molecule has 0 saturated carbocycles. The molecule has 2 N–H and O–H groups in total. The summed E-state index contributed by atoms with van der Waals surface area (Å²) in [7, 11) is 1.47. The van der Waals surface area contributed by atoms with E-state index in [2.05, 4.69) is 5.32 Å². The lowest BCUT2D eigenvalue weighted by Gasteiger charge is -2.15. The number of imide groups is 1. The number of aliphatic hydroxyl groups excluding tert-OH is 1. The van der Waals surface area contributed by atoms with Crippen LogP contribution in [-0.4, -0.2) is 54.2 Å². The molecule has 0 spiro atoms. The Hall–Kier alpha value is -1.28. The van der Waals surface area contributed by atoms with Gasteiger partial charge in [0.2, 0.25) is 11.8 Å². The van der Waals surface area contributed by atoms with E-state index in [9.17, 15) is 14.7 Å². The lowest BCUT2D eigenvalue weighted by Crippen LogP contribution is -2.41. The van der Waals surface area contributed by atoms with Crippen LogP contribution in [0.5, 0.6) is 0 Å². The molecule has 0 aromatic carbocycles. The fourth-order valence-corrected chi connectivity index (χ4v) is 2.58. The number of ether oxygens (including phenoxy) is 1. The molecule has 1 fully saturated rings. The highest BCUT2D eigenvalue weighted by molar-refractivity contribution is 7.09. The number of amides is 2. The van der Waals surface area contributed by atoms with Crippen molar-refractivity contribution in [2.45, 2.75) is 25.2 Å². The number of rotatable bonds is 7. The van der Waals surface area contributed by atoms with Crippen molar-refractivity contribution in [2.75, 3.05) is 20.2 Å². The maximum atomic E-state index is 11.6. The summed E-state index contributed by atoms with van der Waals surface area (Å²) in [6.45, 7) is 0.885. The number of thiophene rings is 1. The summed E-state index contributed by atoms with van der Waals surface area (Å²) >= 11 is 1.60. The summed E-state index contributed by atoms with van der Waals surface area (Å²) in [4.78, 5) is 25.2. The zero-order valence-corrected chi connectivity index (χ0v) is 12.1. The van der Waals surface area contributed by atoms with E-state index in [1.54, 1.807) is 11.3 Å². The maximum absolute atomic E-state index is 11.6. The Kier molecular flexibility index (Phi) is 5.24. The minimum atomic E-state index is -0.705. The van der Waals surface area contributed by atoms with Gasteiger partial charge in [0.1, 0.15) is 0 Å². The van der Waals surface area contributed by atoms with E-state index in [1.807, 2.05) is 17.5 Å².